The first-order valence-corrected chi connectivity index (χ1v) is 8.00. The minimum atomic E-state index is -0.958. The van der Waals surface area contributed by atoms with Crippen LogP contribution < -0.4 is 4.90 Å². The van der Waals surface area contributed by atoms with Crippen LogP contribution in [0, 0.1) is 0 Å². The van der Waals surface area contributed by atoms with Crippen LogP contribution in [0.2, 0.25) is 5.02 Å². The summed E-state index contributed by atoms with van der Waals surface area (Å²) >= 11 is 6.19. The van der Waals surface area contributed by atoms with Crippen molar-refractivity contribution in [1.82, 2.24) is 0 Å². The van der Waals surface area contributed by atoms with E-state index >= 15 is 0 Å². The molecular weight excluding hydrogens is 286 g/mol. The smallest absolute Gasteiger partial charge is 0.337 e. The van der Waals surface area contributed by atoms with Gasteiger partial charge in [0, 0.05) is 17.8 Å². The summed E-state index contributed by atoms with van der Waals surface area (Å²) < 4.78 is 0. The Balaban J connectivity index is 2.54. The molecule has 0 aromatic heterocycles. The number of hydrogen-bond donors (Lipinski definition) is 1. The molecule has 116 valence electrons. The molecule has 1 N–H and O–H groups in total. The fraction of sp³-hybridized carbons (Fsp3) is 0.588. The number of fused-ring (bicyclic) bond motifs is 1. The number of rotatable bonds is 4. The molecule has 0 spiro atoms. The predicted molar refractivity (Wildman–Crippen MR) is 87.8 cm³/mol. The van der Waals surface area contributed by atoms with Crippen LogP contribution in [0.5, 0.6) is 0 Å². The van der Waals surface area contributed by atoms with Gasteiger partial charge in [-0.25, -0.2) is 4.79 Å². The minimum Gasteiger partial charge on any atom is -0.478 e. The lowest BCUT2D eigenvalue weighted by Crippen LogP contribution is -2.48. The summed E-state index contributed by atoms with van der Waals surface area (Å²) in [5.74, 6) is -0.622. The van der Waals surface area contributed by atoms with Crippen LogP contribution in [0.15, 0.2) is 12.1 Å². The molecule has 1 unspecified atom stereocenters. The largest absolute Gasteiger partial charge is 0.478 e. The Morgan fingerprint density at radius 3 is 2.71 bits per heavy atom. The Morgan fingerprint density at radius 1 is 1.48 bits per heavy atom. The van der Waals surface area contributed by atoms with Gasteiger partial charge in [0.15, 0.2) is 0 Å². The first kappa shape index (κ1) is 16.2. The van der Waals surface area contributed by atoms with Crippen LogP contribution in [0.3, 0.4) is 0 Å². The molecule has 1 aliphatic heterocycles. The molecule has 3 nitrogen and oxygen atoms in total. The molecule has 4 heteroatoms. The van der Waals surface area contributed by atoms with E-state index in [0.29, 0.717) is 10.9 Å². The highest BCUT2D eigenvalue weighted by atomic mass is 35.5. The molecule has 0 radical (unpaired) electrons. The maximum absolute atomic E-state index is 11.3. The van der Waals surface area contributed by atoms with Gasteiger partial charge < -0.3 is 10.0 Å². The molecule has 0 amide bonds. The molecule has 0 saturated heterocycles. The molecule has 0 aliphatic carbocycles. The number of halogens is 1. The van der Waals surface area contributed by atoms with Crippen LogP contribution >= 0.6 is 11.6 Å². The van der Waals surface area contributed by atoms with Gasteiger partial charge in [0.25, 0.3) is 0 Å². The van der Waals surface area contributed by atoms with Crippen molar-refractivity contribution in [2.24, 2.45) is 0 Å². The maximum Gasteiger partial charge on any atom is 0.337 e. The molecule has 1 atom stereocenters. The van der Waals surface area contributed by atoms with Crippen molar-refractivity contribution >= 4 is 23.3 Å². The second kappa shape index (κ2) is 5.88. The second-order valence-corrected chi connectivity index (χ2v) is 7.03. The summed E-state index contributed by atoms with van der Waals surface area (Å²) in [6.07, 6.45) is 3.28. The van der Waals surface area contributed by atoms with Crippen molar-refractivity contribution < 1.29 is 9.90 Å². The fourth-order valence-electron chi connectivity index (χ4n) is 3.41. The maximum atomic E-state index is 11.3. The van der Waals surface area contributed by atoms with E-state index in [-0.39, 0.29) is 11.1 Å². The lowest BCUT2D eigenvalue weighted by atomic mass is 9.79. The summed E-state index contributed by atoms with van der Waals surface area (Å²) in [4.78, 5) is 13.7. The summed E-state index contributed by atoms with van der Waals surface area (Å²) in [5.41, 5.74) is 2.47. The third-order valence-corrected chi connectivity index (χ3v) is 4.75. The average molecular weight is 310 g/mol. The van der Waals surface area contributed by atoms with Gasteiger partial charge in [-0.1, -0.05) is 31.9 Å². The topological polar surface area (TPSA) is 40.5 Å². The first-order valence-electron chi connectivity index (χ1n) is 7.62. The molecule has 1 aromatic carbocycles. The molecule has 0 saturated carbocycles. The van der Waals surface area contributed by atoms with Gasteiger partial charge in [-0.3, -0.25) is 0 Å². The van der Waals surface area contributed by atoms with E-state index in [9.17, 15) is 9.90 Å². The van der Waals surface area contributed by atoms with Gasteiger partial charge in [0.05, 0.1) is 10.6 Å². The monoisotopic (exact) mass is 309 g/mol. The Kier molecular flexibility index (Phi) is 4.52. The number of unbranched alkanes of at least 4 members (excludes halogenated alkanes) is 1. The van der Waals surface area contributed by atoms with Crippen LogP contribution in [0.25, 0.3) is 0 Å². The first-order chi connectivity index (χ1) is 9.77. The van der Waals surface area contributed by atoms with Crippen molar-refractivity contribution in [3.63, 3.8) is 0 Å². The quantitative estimate of drug-likeness (QED) is 0.857. The van der Waals surface area contributed by atoms with Gasteiger partial charge in [-0.15, -0.1) is 0 Å². The summed E-state index contributed by atoms with van der Waals surface area (Å²) in [7, 11) is 0. The Hall–Kier alpha value is -1.22. The lowest BCUT2D eigenvalue weighted by molar-refractivity contribution is 0.0697. The fourth-order valence-corrected chi connectivity index (χ4v) is 3.65. The third-order valence-electron chi connectivity index (χ3n) is 4.44. The van der Waals surface area contributed by atoms with E-state index < -0.39 is 5.97 Å². The van der Waals surface area contributed by atoms with Gasteiger partial charge >= 0.3 is 5.97 Å². The molecule has 0 bridgehead atoms. The number of anilines is 1. The molecular formula is C17H24ClNO2. The molecule has 0 fully saturated rings. The van der Waals surface area contributed by atoms with Crippen LogP contribution in [0.1, 0.15) is 68.8 Å². The van der Waals surface area contributed by atoms with Crippen LogP contribution in [0.4, 0.5) is 5.69 Å². The van der Waals surface area contributed by atoms with Crippen LogP contribution in [-0.4, -0.2) is 23.2 Å². The van der Waals surface area contributed by atoms with Crippen molar-refractivity contribution in [2.75, 3.05) is 11.4 Å². The zero-order valence-electron chi connectivity index (χ0n) is 13.2. The molecule has 1 aromatic rings. The molecule has 21 heavy (non-hydrogen) atoms. The lowest BCUT2D eigenvalue weighted by Gasteiger charge is -2.48. The van der Waals surface area contributed by atoms with E-state index in [0.717, 1.165) is 37.1 Å². The number of aromatic carboxylic acids is 1. The third kappa shape index (κ3) is 3.03. The Labute approximate surface area is 131 Å². The van der Waals surface area contributed by atoms with Gasteiger partial charge in [0.1, 0.15) is 0 Å². The molecule has 2 rings (SSSR count). The zero-order chi connectivity index (χ0) is 15.8. The average Bonchev–Trinajstić information content (AvgIpc) is 2.36. The van der Waals surface area contributed by atoms with Gasteiger partial charge in [-0.05, 0) is 50.3 Å². The number of hydrogen-bond acceptors (Lipinski definition) is 2. The van der Waals surface area contributed by atoms with E-state index in [1.807, 2.05) is 6.07 Å². The highest BCUT2D eigenvalue weighted by Gasteiger charge is 2.36. The van der Waals surface area contributed by atoms with Crippen LogP contribution in [-0.2, 0) is 0 Å². The zero-order valence-corrected chi connectivity index (χ0v) is 14.0. The van der Waals surface area contributed by atoms with Crippen molar-refractivity contribution in [3.05, 3.63) is 28.3 Å². The Morgan fingerprint density at radius 2 is 2.14 bits per heavy atom. The number of nitrogens with zero attached hydrogens (tertiary/aromatic N) is 1. The summed E-state index contributed by atoms with van der Waals surface area (Å²) in [6, 6.07) is 3.60. The number of carboxylic acids is 1. The van der Waals surface area contributed by atoms with E-state index in [2.05, 4.69) is 32.6 Å². The molecule has 1 heterocycles. The summed E-state index contributed by atoms with van der Waals surface area (Å²) in [6.45, 7) is 9.83. The number of carbonyl (C=O) groups is 1. The summed E-state index contributed by atoms with van der Waals surface area (Å²) in [5, 5.41) is 9.59. The van der Waals surface area contributed by atoms with E-state index in [1.54, 1.807) is 6.07 Å². The standard InChI is InChI=1S/C17H24ClNO2/c1-5-6-7-19-15-9-14(18)13(16(20)21)8-12(15)11(2)10-17(19,3)4/h8-9,11H,5-7,10H2,1-4H3,(H,20,21). The normalized spacial score (nSPS) is 20.2. The van der Waals surface area contributed by atoms with Crippen molar-refractivity contribution in [3.8, 4) is 0 Å². The van der Waals surface area contributed by atoms with Crippen molar-refractivity contribution in [1.29, 1.82) is 0 Å². The van der Waals surface area contributed by atoms with Crippen molar-refractivity contribution in [2.45, 2.75) is 58.4 Å². The molecule has 1 aliphatic rings. The van der Waals surface area contributed by atoms with Gasteiger partial charge in [-0.2, -0.15) is 0 Å². The minimum absolute atomic E-state index is 0.0651. The SMILES string of the molecule is CCCCN1c2cc(Cl)c(C(=O)O)cc2C(C)CC1(C)C. The second-order valence-electron chi connectivity index (χ2n) is 6.62. The number of carboxylic acid groups (broad SMARTS) is 1. The van der Waals surface area contributed by atoms with E-state index in [4.69, 9.17) is 11.6 Å². The number of benzene rings is 1. The van der Waals surface area contributed by atoms with Gasteiger partial charge in [0.2, 0.25) is 0 Å². The highest BCUT2D eigenvalue weighted by molar-refractivity contribution is 6.33. The Bertz CT molecular complexity index is 554. The van der Waals surface area contributed by atoms with E-state index in [1.165, 1.54) is 0 Å². The highest BCUT2D eigenvalue weighted by Crippen LogP contribution is 2.45. The predicted octanol–water partition coefficient (Wildman–Crippen LogP) is 4.93.